The molecule has 0 amide bonds. The molecule has 0 aliphatic heterocycles. The number of nitriles is 1. The molecule has 2 aromatic heterocycles. The molecule has 0 aliphatic carbocycles. The fourth-order valence-electron chi connectivity index (χ4n) is 2.32. The third-order valence-corrected chi connectivity index (χ3v) is 4.26. The van der Waals surface area contributed by atoms with Gasteiger partial charge < -0.3 is 4.42 Å². The number of hydrogen-bond donors (Lipinski definition) is 0. The number of thiazole rings is 1. The van der Waals surface area contributed by atoms with E-state index in [4.69, 9.17) is 4.42 Å². The van der Waals surface area contributed by atoms with Crippen LogP contribution in [0, 0.1) is 11.3 Å². The summed E-state index contributed by atoms with van der Waals surface area (Å²) in [5, 5.41) is 11.0. The number of para-hydroxylation sites is 2. The summed E-state index contributed by atoms with van der Waals surface area (Å²) in [4.78, 5) is 4.62. The van der Waals surface area contributed by atoms with Crippen molar-refractivity contribution in [2.24, 2.45) is 0 Å². The monoisotopic (exact) mass is 276 g/mol. The van der Waals surface area contributed by atoms with Gasteiger partial charge in [0.15, 0.2) is 0 Å². The average molecular weight is 276 g/mol. The van der Waals surface area contributed by atoms with Crippen molar-refractivity contribution in [3.63, 3.8) is 0 Å². The summed E-state index contributed by atoms with van der Waals surface area (Å²) in [6.07, 6.45) is 0. The molecule has 2 heterocycles. The molecular formula is C16H8N2OS. The quantitative estimate of drug-likeness (QED) is 0.511. The van der Waals surface area contributed by atoms with E-state index < -0.39 is 0 Å². The molecule has 4 aromatic rings. The van der Waals surface area contributed by atoms with Crippen molar-refractivity contribution in [2.75, 3.05) is 0 Å². The highest BCUT2D eigenvalue weighted by Gasteiger charge is 2.18. The third kappa shape index (κ3) is 1.54. The van der Waals surface area contributed by atoms with Crippen LogP contribution in [0.1, 0.15) is 5.76 Å². The van der Waals surface area contributed by atoms with Gasteiger partial charge in [-0.1, -0.05) is 30.3 Å². The van der Waals surface area contributed by atoms with E-state index in [2.05, 4.69) is 11.1 Å². The lowest BCUT2D eigenvalue weighted by atomic mass is 10.1. The Morgan fingerprint density at radius 3 is 2.70 bits per heavy atom. The number of hydrogen-bond acceptors (Lipinski definition) is 4. The minimum Gasteiger partial charge on any atom is -0.445 e. The molecule has 0 N–H and O–H groups in total. The number of rotatable bonds is 1. The first-order valence-electron chi connectivity index (χ1n) is 6.14. The van der Waals surface area contributed by atoms with E-state index in [1.54, 1.807) is 11.3 Å². The van der Waals surface area contributed by atoms with Crippen molar-refractivity contribution in [1.29, 1.82) is 5.26 Å². The van der Waals surface area contributed by atoms with Crippen LogP contribution in [0.5, 0.6) is 0 Å². The Morgan fingerprint density at radius 1 is 1.05 bits per heavy atom. The Morgan fingerprint density at radius 2 is 1.85 bits per heavy atom. The molecule has 4 rings (SSSR count). The van der Waals surface area contributed by atoms with Crippen molar-refractivity contribution < 1.29 is 4.42 Å². The van der Waals surface area contributed by atoms with Crippen LogP contribution in [-0.2, 0) is 0 Å². The SMILES string of the molecule is N#Cc1oc2ccccc2c1-c1nc2ccccc2s1. The standard InChI is InChI=1S/C16H8N2OS/c17-9-13-15(10-5-1-3-7-12(10)19-13)16-18-11-6-2-4-8-14(11)20-16/h1-8H. The summed E-state index contributed by atoms with van der Waals surface area (Å²) in [5.41, 5.74) is 2.46. The second kappa shape index (κ2) is 4.19. The van der Waals surface area contributed by atoms with Crippen LogP contribution in [0.2, 0.25) is 0 Å². The number of benzene rings is 2. The summed E-state index contributed by atoms with van der Waals surface area (Å²) in [7, 11) is 0. The maximum absolute atomic E-state index is 9.29. The van der Waals surface area contributed by atoms with Crippen molar-refractivity contribution in [1.82, 2.24) is 4.98 Å². The van der Waals surface area contributed by atoms with Gasteiger partial charge in [-0.15, -0.1) is 11.3 Å². The zero-order valence-corrected chi connectivity index (χ0v) is 11.1. The van der Waals surface area contributed by atoms with E-state index in [0.29, 0.717) is 5.76 Å². The summed E-state index contributed by atoms with van der Waals surface area (Å²) < 4.78 is 6.71. The minimum absolute atomic E-state index is 0.324. The van der Waals surface area contributed by atoms with E-state index >= 15 is 0 Å². The van der Waals surface area contributed by atoms with Gasteiger partial charge in [0.1, 0.15) is 16.7 Å². The van der Waals surface area contributed by atoms with E-state index in [0.717, 1.165) is 31.8 Å². The molecule has 94 valence electrons. The van der Waals surface area contributed by atoms with Crippen LogP contribution in [0.15, 0.2) is 52.9 Å². The van der Waals surface area contributed by atoms with Crippen LogP contribution >= 0.6 is 11.3 Å². The second-order valence-electron chi connectivity index (χ2n) is 4.40. The highest BCUT2D eigenvalue weighted by atomic mass is 32.1. The van der Waals surface area contributed by atoms with Gasteiger partial charge in [0, 0.05) is 5.39 Å². The highest BCUT2D eigenvalue weighted by molar-refractivity contribution is 7.21. The third-order valence-electron chi connectivity index (χ3n) is 3.20. The maximum Gasteiger partial charge on any atom is 0.215 e. The molecule has 20 heavy (non-hydrogen) atoms. The minimum atomic E-state index is 0.324. The fourth-order valence-corrected chi connectivity index (χ4v) is 3.34. The molecule has 0 radical (unpaired) electrons. The first kappa shape index (κ1) is 11.2. The summed E-state index contributed by atoms with van der Waals surface area (Å²) in [6.45, 7) is 0. The average Bonchev–Trinajstić information content (AvgIpc) is 3.07. The maximum atomic E-state index is 9.29. The number of aromatic nitrogens is 1. The van der Waals surface area contributed by atoms with E-state index in [-0.39, 0.29) is 0 Å². The van der Waals surface area contributed by atoms with Crippen LogP contribution in [-0.4, -0.2) is 4.98 Å². The Labute approximate surface area is 118 Å². The molecule has 0 spiro atoms. The Bertz CT molecular complexity index is 942. The van der Waals surface area contributed by atoms with Gasteiger partial charge in [-0.2, -0.15) is 5.26 Å². The summed E-state index contributed by atoms with van der Waals surface area (Å²) in [5.74, 6) is 0.324. The lowest BCUT2D eigenvalue weighted by Gasteiger charge is -1.91. The lowest BCUT2D eigenvalue weighted by Crippen LogP contribution is -1.77. The number of fused-ring (bicyclic) bond motifs is 2. The van der Waals surface area contributed by atoms with Gasteiger partial charge in [-0.05, 0) is 18.2 Å². The van der Waals surface area contributed by atoms with Crippen LogP contribution in [0.25, 0.3) is 31.8 Å². The van der Waals surface area contributed by atoms with Crippen LogP contribution in [0.3, 0.4) is 0 Å². The van der Waals surface area contributed by atoms with E-state index in [1.165, 1.54) is 0 Å². The molecule has 0 bridgehead atoms. The van der Waals surface area contributed by atoms with Crippen molar-refractivity contribution in [3.05, 3.63) is 54.3 Å². The van der Waals surface area contributed by atoms with Gasteiger partial charge in [-0.3, -0.25) is 0 Å². The fraction of sp³-hybridized carbons (Fsp3) is 0. The van der Waals surface area contributed by atoms with Gasteiger partial charge >= 0.3 is 0 Å². The molecular weight excluding hydrogens is 268 g/mol. The Hall–Kier alpha value is -2.64. The normalized spacial score (nSPS) is 10.9. The van der Waals surface area contributed by atoms with Crippen molar-refractivity contribution in [2.45, 2.75) is 0 Å². The Kier molecular flexibility index (Phi) is 2.35. The predicted molar refractivity (Wildman–Crippen MR) is 79.5 cm³/mol. The molecule has 4 heteroatoms. The number of furan rings is 1. The van der Waals surface area contributed by atoms with Gasteiger partial charge in [0.2, 0.25) is 5.76 Å². The van der Waals surface area contributed by atoms with Gasteiger partial charge in [0.05, 0.1) is 15.8 Å². The topological polar surface area (TPSA) is 49.8 Å². The molecule has 0 aliphatic rings. The molecule has 0 fully saturated rings. The zero-order chi connectivity index (χ0) is 13.5. The first-order chi connectivity index (χ1) is 9.86. The van der Waals surface area contributed by atoms with Crippen LogP contribution in [0.4, 0.5) is 0 Å². The first-order valence-corrected chi connectivity index (χ1v) is 6.96. The molecule has 0 saturated carbocycles. The molecule has 0 unspecified atom stereocenters. The predicted octanol–water partition coefficient (Wildman–Crippen LogP) is 4.58. The Balaban J connectivity index is 2.08. The largest absolute Gasteiger partial charge is 0.445 e. The number of nitrogens with zero attached hydrogens (tertiary/aromatic N) is 2. The van der Waals surface area contributed by atoms with Gasteiger partial charge in [0.25, 0.3) is 0 Å². The molecule has 0 atom stereocenters. The summed E-state index contributed by atoms with van der Waals surface area (Å²) >= 11 is 1.58. The second-order valence-corrected chi connectivity index (χ2v) is 5.43. The molecule has 3 nitrogen and oxygen atoms in total. The lowest BCUT2D eigenvalue weighted by molar-refractivity contribution is 0.600. The van der Waals surface area contributed by atoms with Crippen molar-refractivity contribution in [3.8, 4) is 16.6 Å². The van der Waals surface area contributed by atoms with Crippen LogP contribution < -0.4 is 0 Å². The highest BCUT2D eigenvalue weighted by Crippen LogP contribution is 2.38. The molecule has 0 saturated heterocycles. The van der Waals surface area contributed by atoms with Crippen molar-refractivity contribution >= 4 is 32.5 Å². The summed E-state index contributed by atoms with van der Waals surface area (Å²) in [6, 6.07) is 17.8. The molecule has 2 aromatic carbocycles. The van der Waals surface area contributed by atoms with Gasteiger partial charge in [-0.25, -0.2) is 4.98 Å². The van der Waals surface area contributed by atoms with E-state index in [9.17, 15) is 5.26 Å². The smallest absolute Gasteiger partial charge is 0.215 e. The zero-order valence-electron chi connectivity index (χ0n) is 10.3. The van der Waals surface area contributed by atoms with E-state index in [1.807, 2.05) is 48.5 Å².